The van der Waals surface area contributed by atoms with Crippen LogP contribution in [0.15, 0.2) is 168 Å². The number of thiophene rings is 1. The molecular formula is C42H27NOS. The van der Waals surface area contributed by atoms with E-state index >= 15 is 0 Å². The molecule has 0 saturated heterocycles. The predicted molar refractivity (Wildman–Crippen MR) is 192 cm³/mol. The Morgan fingerprint density at radius 3 is 1.91 bits per heavy atom. The van der Waals surface area contributed by atoms with E-state index in [1.54, 1.807) is 0 Å². The highest BCUT2D eigenvalue weighted by Gasteiger charge is 2.23. The molecule has 0 aliphatic carbocycles. The first-order valence-corrected chi connectivity index (χ1v) is 16.0. The molecule has 7 aromatic carbocycles. The van der Waals surface area contributed by atoms with Gasteiger partial charge in [0.2, 0.25) is 0 Å². The van der Waals surface area contributed by atoms with E-state index in [4.69, 9.17) is 4.42 Å². The Morgan fingerprint density at radius 1 is 0.444 bits per heavy atom. The lowest BCUT2D eigenvalue weighted by molar-refractivity contribution is 0.669. The number of anilines is 3. The van der Waals surface area contributed by atoms with Crippen LogP contribution >= 0.6 is 11.3 Å². The lowest BCUT2D eigenvalue weighted by atomic mass is 9.97. The van der Waals surface area contributed by atoms with Gasteiger partial charge in [-0.05, 0) is 59.2 Å². The third kappa shape index (κ3) is 4.24. The van der Waals surface area contributed by atoms with Crippen molar-refractivity contribution in [1.82, 2.24) is 0 Å². The quantitative estimate of drug-likeness (QED) is 0.197. The third-order valence-corrected chi connectivity index (χ3v) is 9.87. The topological polar surface area (TPSA) is 16.4 Å². The van der Waals surface area contributed by atoms with Crippen molar-refractivity contribution in [1.29, 1.82) is 0 Å². The first-order chi connectivity index (χ1) is 22.3. The molecular weight excluding hydrogens is 567 g/mol. The summed E-state index contributed by atoms with van der Waals surface area (Å²) in [5, 5.41) is 4.80. The fraction of sp³-hybridized carbons (Fsp3) is 0. The summed E-state index contributed by atoms with van der Waals surface area (Å²) in [7, 11) is 0. The van der Waals surface area contributed by atoms with Crippen LogP contribution in [-0.2, 0) is 0 Å². The summed E-state index contributed by atoms with van der Waals surface area (Å²) >= 11 is 1.86. The zero-order valence-corrected chi connectivity index (χ0v) is 25.2. The fourth-order valence-electron chi connectivity index (χ4n) is 6.64. The van der Waals surface area contributed by atoms with Crippen molar-refractivity contribution in [3.8, 4) is 22.3 Å². The van der Waals surface area contributed by atoms with Crippen LogP contribution in [0.5, 0.6) is 0 Å². The molecule has 212 valence electrons. The Bertz CT molecular complexity index is 2490. The van der Waals surface area contributed by atoms with E-state index in [1.165, 1.54) is 42.4 Å². The molecule has 2 aromatic heterocycles. The SMILES string of the molecule is c1ccc(-c2ccccc2N(c2ccc3oc4ccccc4c3c2)c2ccc(-c3ccccc3)c3c2sc2ccccc23)cc1. The summed E-state index contributed by atoms with van der Waals surface area (Å²) in [6, 6.07) is 58.4. The van der Waals surface area contributed by atoms with Gasteiger partial charge in [-0.25, -0.2) is 0 Å². The molecule has 0 saturated carbocycles. The molecule has 0 radical (unpaired) electrons. The van der Waals surface area contributed by atoms with Crippen LogP contribution in [0.25, 0.3) is 64.4 Å². The van der Waals surface area contributed by atoms with E-state index in [1.807, 2.05) is 23.5 Å². The first kappa shape index (κ1) is 25.8. The van der Waals surface area contributed by atoms with Gasteiger partial charge in [-0.3, -0.25) is 0 Å². The number of hydrogen-bond donors (Lipinski definition) is 0. The Morgan fingerprint density at radius 2 is 1.09 bits per heavy atom. The number of hydrogen-bond acceptors (Lipinski definition) is 3. The van der Waals surface area contributed by atoms with E-state index in [0.717, 1.165) is 39.0 Å². The van der Waals surface area contributed by atoms with Gasteiger partial charge in [0.05, 0.1) is 16.1 Å². The second-order valence-corrected chi connectivity index (χ2v) is 12.4. The second kappa shape index (κ2) is 10.5. The molecule has 0 aliphatic rings. The van der Waals surface area contributed by atoms with Crippen LogP contribution in [0.1, 0.15) is 0 Å². The molecule has 0 aliphatic heterocycles. The van der Waals surface area contributed by atoms with Crippen molar-refractivity contribution >= 4 is 70.5 Å². The summed E-state index contributed by atoms with van der Waals surface area (Å²) in [5.74, 6) is 0. The molecule has 2 nitrogen and oxygen atoms in total. The van der Waals surface area contributed by atoms with Crippen molar-refractivity contribution in [2.24, 2.45) is 0 Å². The van der Waals surface area contributed by atoms with E-state index in [0.29, 0.717) is 0 Å². The molecule has 0 spiro atoms. The molecule has 0 fully saturated rings. The predicted octanol–water partition coefficient (Wildman–Crippen LogP) is 12.8. The third-order valence-electron chi connectivity index (χ3n) is 8.68. The summed E-state index contributed by atoms with van der Waals surface area (Å²) in [6.45, 7) is 0. The van der Waals surface area contributed by atoms with Gasteiger partial charge in [-0.1, -0.05) is 121 Å². The average molecular weight is 594 g/mol. The maximum absolute atomic E-state index is 6.25. The molecule has 45 heavy (non-hydrogen) atoms. The number of furan rings is 1. The number of rotatable bonds is 5. The van der Waals surface area contributed by atoms with Gasteiger partial charge in [-0.15, -0.1) is 11.3 Å². The van der Waals surface area contributed by atoms with E-state index < -0.39 is 0 Å². The summed E-state index contributed by atoms with van der Waals surface area (Å²) in [4.78, 5) is 2.44. The van der Waals surface area contributed by atoms with E-state index in [-0.39, 0.29) is 0 Å². The van der Waals surface area contributed by atoms with Crippen LogP contribution in [-0.4, -0.2) is 0 Å². The Labute approximate surface area is 265 Å². The molecule has 0 N–H and O–H groups in total. The van der Waals surface area contributed by atoms with Gasteiger partial charge in [0.1, 0.15) is 11.2 Å². The minimum atomic E-state index is 0.891. The molecule has 2 heterocycles. The second-order valence-electron chi connectivity index (χ2n) is 11.3. The smallest absolute Gasteiger partial charge is 0.135 e. The summed E-state index contributed by atoms with van der Waals surface area (Å²) < 4.78 is 8.79. The van der Waals surface area contributed by atoms with Gasteiger partial charge >= 0.3 is 0 Å². The monoisotopic (exact) mass is 593 g/mol. The normalized spacial score (nSPS) is 11.6. The van der Waals surface area contributed by atoms with Crippen LogP contribution in [0.3, 0.4) is 0 Å². The highest BCUT2D eigenvalue weighted by atomic mass is 32.1. The zero-order valence-electron chi connectivity index (χ0n) is 24.4. The van der Waals surface area contributed by atoms with Crippen molar-refractivity contribution in [2.45, 2.75) is 0 Å². The van der Waals surface area contributed by atoms with Crippen molar-refractivity contribution < 1.29 is 4.42 Å². The van der Waals surface area contributed by atoms with Crippen LogP contribution in [0, 0.1) is 0 Å². The van der Waals surface area contributed by atoms with Crippen molar-refractivity contribution in [3.63, 3.8) is 0 Å². The lowest BCUT2D eigenvalue weighted by Crippen LogP contribution is -2.11. The molecule has 3 heteroatoms. The first-order valence-electron chi connectivity index (χ1n) is 15.2. The van der Waals surface area contributed by atoms with Crippen LogP contribution in [0.4, 0.5) is 17.1 Å². The van der Waals surface area contributed by atoms with Crippen LogP contribution in [0.2, 0.25) is 0 Å². The van der Waals surface area contributed by atoms with Gasteiger partial charge in [0, 0.05) is 37.5 Å². The molecule has 0 unspecified atom stereocenters. The van der Waals surface area contributed by atoms with Gasteiger partial charge in [0.25, 0.3) is 0 Å². The zero-order chi connectivity index (χ0) is 29.7. The van der Waals surface area contributed by atoms with E-state index in [2.05, 4.69) is 157 Å². The number of fused-ring (bicyclic) bond motifs is 6. The van der Waals surface area contributed by atoms with Crippen molar-refractivity contribution in [2.75, 3.05) is 4.90 Å². The summed E-state index contributed by atoms with van der Waals surface area (Å²) in [6.07, 6.45) is 0. The Hall–Kier alpha value is -5.64. The van der Waals surface area contributed by atoms with Gasteiger partial charge < -0.3 is 9.32 Å². The minimum absolute atomic E-state index is 0.891. The highest BCUT2D eigenvalue weighted by molar-refractivity contribution is 7.26. The number of nitrogens with zero attached hydrogens (tertiary/aromatic N) is 1. The van der Waals surface area contributed by atoms with Crippen molar-refractivity contribution in [3.05, 3.63) is 164 Å². The molecule has 9 aromatic rings. The number of benzene rings is 7. The largest absolute Gasteiger partial charge is 0.456 e. The average Bonchev–Trinajstić information content (AvgIpc) is 3.68. The Balaban J connectivity index is 1.38. The van der Waals surface area contributed by atoms with E-state index in [9.17, 15) is 0 Å². The highest BCUT2D eigenvalue weighted by Crippen LogP contribution is 2.50. The fourth-order valence-corrected chi connectivity index (χ4v) is 7.87. The maximum atomic E-state index is 6.25. The van der Waals surface area contributed by atoms with Gasteiger partial charge in [0.15, 0.2) is 0 Å². The maximum Gasteiger partial charge on any atom is 0.135 e. The number of para-hydroxylation sites is 2. The standard InChI is InChI=1S/C42H27NOS/c1-3-13-28(14-4-1)31-17-7-10-20-36(31)43(30-23-26-39-35(27-30)33-18-8-11-21-38(33)44-39)37-25-24-32(29-15-5-2-6-16-29)41-34-19-9-12-22-40(34)45-42(37)41/h1-27H. The molecule has 0 amide bonds. The molecule has 0 bridgehead atoms. The van der Waals surface area contributed by atoms with Crippen LogP contribution < -0.4 is 4.90 Å². The lowest BCUT2D eigenvalue weighted by Gasteiger charge is -2.29. The molecule has 0 atom stereocenters. The summed E-state index contributed by atoms with van der Waals surface area (Å²) in [5.41, 5.74) is 9.99. The minimum Gasteiger partial charge on any atom is -0.456 e. The van der Waals surface area contributed by atoms with Gasteiger partial charge in [-0.2, -0.15) is 0 Å². The Kier molecular flexibility index (Phi) is 6.03. The molecule has 9 rings (SSSR count).